The molecule has 0 amide bonds. The van der Waals surface area contributed by atoms with Gasteiger partial charge >= 0.3 is 23.5 Å². The largest absolute Gasteiger partial charge is 0.464 e. The lowest BCUT2D eigenvalue weighted by molar-refractivity contribution is -0.253. The van der Waals surface area contributed by atoms with E-state index in [1.165, 1.54) is 19.1 Å². The molecule has 13 heteroatoms. The molecule has 1 fully saturated rings. The molecule has 1 aromatic heterocycles. The van der Waals surface area contributed by atoms with Crippen molar-refractivity contribution < 1.29 is 42.5 Å². The molecular weight excluding hydrogens is 466 g/mol. The van der Waals surface area contributed by atoms with Crippen LogP contribution in [-0.2, 0) is 33.3 Å². The third-order valence-corrected chi connectivity index (χ3v) is 5.03. The molecule has 0 unspecified atom stereocenters. The number of carbonyl (C=O) groups excluding carboxylic acids is 3. The van der Waals surface area contributed by atoms with Gasteiger partial charge < -0.3 is 28.1 Å². The van der Waals surface area contributed by atoms with Crippen LogP contribution in [0.2, 0.25) is 0 Å². The number of ether oxygens (including phenoxy) is 5. The third-order valence-electron chi connectivity index (χ3n) is 5.03. The maximum atomic E-state index is 11.8. The second-order valence-corrected chi connectivity index (χ2v) is 7.71. The van der Waals surface area contributed by atoms with Gasteiger partial charge in [-0.15, -0.1) is 0 Å². The minimum absolute atomic E-state index is 0.174. The quantitative estimate of drug-likeness (QED) is 0.140. The molecule has 35 heavy (non-hydrogen) atoms. The van der Waals surface area contributed by atoms with Crippen LogP contribution in [0, 0.1) is 6.92 Å². The molecule has 5 atom stereocenters. The van der Waals surface area contributed by atoms with Crippen LogP contribution in [0.15, 0.2) is 38.6 Å². The minimum Gasteiger partial charge on any atom is -0.464 e. The van der Waals surface area contributed by atoms with Crippen molar-refractivity contribution >= 4 is 28.9 Å². The fraction of sp³-hybridized carbons (Fsp3) is 0.455. The number of nitrogens with zero attached hydrogens (tertiary/aromatic N) is 3. The van der Waals surface area contributed by atoms with Crippen LogP contribution in [0.3, 0.4) is 0 Å². The Balaban J connectivity index is 2.01. The van der Waals surface area contributed by atoms with Crippen LogP contribution in [-0.4, -0.2) is 55.2 Å². The van der Waals surface area contributed by atoms with Gasteiger partial charge in [-0.05, 0) is 30.2 Å². The van der Waals surface area contributed by atoms with Crippen LogP contribution in [0.25, 0.3) is 21.4 Å². The van der Waals surface area contributed by atoms with E-state index in [-0.39, 0.29) is 17.9 Å². The molecule has 3 rings (SSSR count). The minimum atomic E-state index is -1.36. The number of esters is 3. The summed E-state index contributed by atoms with van der Waals surface area (Å²) in [5, 5.41) is 4.33. The van der Waals surface area contributed by atoms with Crippen LogP contribution in [0.4, 0.5) is 0 Å². The summed E-state index contributed by atoms with van der Waals surface area (Å²) >= 11 is 0. The van der Waals surface area contributed by atoms with Crippen molar-refractivity contribution in [1.29, 1.82) is 0 Å². The molecule has 0 N–H and O–H groups in total. The normalized spacial score (nSPS) is 23.6. The summed E-state index contributed by atoms with van der Waals surface area (Å²) in [6.07, 6.45) is -5.10. The molecule has 2 heterocycles. The molecule has 1 saturated heterocycles. The smallest absolute Gasteiger partial charge is 0.336 e. The summed E-state index contributed by atoms with van der Waals surface area (Å²) in [4.78, 5) is 49.5. The first-order valence-electron chi connectivity index (χ1n) is 10.5. The highest BCUT2D eigenvalue weighted by atomic mass is 16.7. The van der Waals surface area contributed by atoms with E-state index in [2.05, 4.69) is 10.0 Å². The summed E-state index contributed by atoms with van der Waals surface area (Å²) in [5.74, 6) is -1.94. The van der Waals surface area contributed by atoms with Crippen molar-refractivity contribution in [2.75, 3.05) is 6.61 Å². The van der Waals surface area contributed by atoms with E-state index < -0.39 is 54.2 Å². The lowest BCUT2D eigenvalue weighted by atomic mass is 9.96. The Morgan fingerprint density at radius 3 is 2.37 bits per heavy atom. The Bertz CT molecular complexity index is 1240. The molecule has 1 aromatic carbocycles. The average Bonchev–Trinajstić information content (AvgIpc) is 2.75. The van der Waals surface area contributed by atoms with Gasteiger partial charge in [-0.2, -0.15) is 0 Å². The third kappa shape index (κ3) is 6.28. The summed E-state index contributed by atoms with van der Waals surface area (Å²) in [6, 6.07) is 4.73. The van der Waals surface area contributed by atoms with E-state index in [1.807, 2.05) is 0 Å². The van der Waals surface area contributed by atoms with Crippen molar-refractivity contribution in [3.63, 3.8) is 0 Å². The molecule has 0 bridgehead atoms. The number of aryl methyl sites for hydroxylation is 1. The van der Waals surface area contributed by atoms with Gasteiger partial charge in [0.1, 0.15) is 30.1 Å². The van der Waals surface area contributed by atoms with Gasteiger partial charge in [0, 0.05) is 43.2 Å². The Morgan fingerprint density at radius 2 is 1.74 bits per heavy atom. The maximum Gasteiger partial charge on any atom is 0.336 e. The molecule has 0 aliphatic carbocycles. The monoisotopic (exact) mass is 489 g/mol. The van der Waals surface area contributed by atoms with Crippen LogP contribution >= 0.6 is 0 Å². The molecule has 1 aliphatic heterocycles. The molecule has 0 saturated carbocycles. The number of benzene rings is 1. The molecular formula is C22H23N3O10. The first kappa shape index (κ1) is 25.5. The summed E-state index contributed by atoms with van der Waals surface area (Å²) in [6.45, 7) is 4.80. The maximum absolute atomic E-state index is 11.8. The van der Waals surface area contributed by atoms with E-state index in [1.54, 1.807) is 19.1 Å². The zero-order valence-electron chi connectivity index (χ0n) is 19.3. The zero-order valence-corrected chi connectivity index (χ0v) is 19.3. The Hall–Kier alpha value is -4.09. The number of hydrogen-bond donors (Lipinski definition) is 0. The first-order chi connectivity index (χ1) is 16.6. The van der Waals surface area contributed by atoms with Crippen molar-refractivity contribution in [3.8, 4) is 5.75 Å². The highest BCUT2D eigenvalue weighted by molar-refractivity contribution is 5.81. The number of rotatable bonds is 7. The Kier molecular flexibility index (Phi) is 7.94. The van der Waals surface area contributed by atoms with Gasteiger partial charge in [-0.3, -0.25) is 14.4 Å². The van der Waals surface area contributed by atoms with E-state index in [0.717, 1.165) is 13.8 Å². The highest BCUT2D eigenvalue weighted by Gasteiger charge is 2.51. The molecule has 0 radical (unpaired) electrons. The molecule has 1 aliphatic rings. The second kappa shape index (κ2) is 10.9. The molecule has 13 nitrogen and oxygen atoms in total. The van der Waals surface area contributed by atoms with Crippen molar-refractivity contribution in [3.05, 3.63) is 50.7 Å². The van der Waals surface area contributed by atoms with Crippen molar-refractivity contribution in [2.24, 2.45) is 5.11 Å². The molecule has 2 aromatic rings. The highest BCUT2D eigenvalue weighted by Crippen LogP contribution is 2.32. The van der Waals surface area contributed by atoms with Crippen LogP contribution in [0.5, 0.6) is 5.75 Å². The summed E-state index contributed by atoms with van der Waals surface area (Å²) in [5.41, 5.74) is 9.54. The van der Waals surface area contributed by atoms with Crippen LogP contribution in [0.1, 0.15) is 26.3 Å². The number of azide groups is 1. The van der Waals surface area contributed by atoms with E-state index in [9.17, 15) is 19.2 Å². The topological polar surface area (TPSA) is 176 Å². The molecule has 186 valence electrons. The average molecular weight is 489 g/mol. The van der Waals surface area contributed by atoms with Gasteiger partial charge in [-0.1, -0.05) is 5.11 Å². The van der Waals surface area contributed by atoms with Gasteiger partial charge in [0.05, 0.1) is 0 Å². The lowest BCUT2D eigenvalue weighted by Gasteiger charge is -2.43. The van der Waals surface area contributed by atoms with Gasteiger partial charge in [-0.25, -0.2) is 4.79 Å². The predicted molar refractivity (Wildman–Crippen MR) is 117 cm³/mol. The van der Waals surface area contributed by atoms with Crippen molar-refractivity contribution in [2.45, 2.75) is 58.3 Å². The first-order valence-corrected chi connectivity index (χ1v) is 10.5. The van der Waals surface area contributed by atoms with Crippen molar-refractivity contribution in [1.82, 2.24) is 0 Å². The number of carbonyl (C=O) groups is 3. The summed E-state index contributed by atoms with van der Waals surface area (Å²) in [7, 11) is 0. The van der Waals surface area contributed by atoms with E-state index in [0.29, 0.717) is 10.9 Å². The van der Waals surface area contributed by atoms with Gasteiger partial charge in [0.2, 0.25) is 6.29 Å². The number of fused-ring (bicyclic) bond motifs is 1. The van der Waals surface area contributed by atoms with Gasteiger partial charge in [0.15, 0.2) is 12.2 Å². The number of hydrogen-bond acceptors (Lipinski definition) is 11. The second-order valence-electron chi connectivity index (χ2n) is 7.71. The lowest BCUT2D eigenvalue weighted by Crippen LogP contribution is -2.62. The van der Waals surface area contributed by atoms with Crippen LogP contribution < -0.4 is 10.4 Å². The standard InChI is InChI=1S/C22H23N3O10/c1-10-7-18(29)34-16-8-14(5-6-15(10)16)33-22-19(24-25-23)21(32-13(4)28)20(31-12(3)27)17(35-22)9-30-11(2)26/h5-8,17,19-22H,9H2,1-4H3/t17-,19-,20+,21-,22-/m1/s1. The van der Waals surface area contributed by atoms with E-state index in [4.69, 9.17) is 33.6 Å². The van der Waals surface area contributed by atoms with Gasteiger partial charge in [0.25, 0.3) is 0 Å². The predicted octanol–water partition coefficient (Wildman–Crippen LogP) is 2.31. The Morgan fingerprint density at radius 1 is 1.06 bits per heavy atom. The fourth-order valence-electron chi connectivity index (χ4n) is 3.68. The molecule has 0 spiro atoms. The van der Waals surface area contributed by atoms with E-state index >= 15 is 0 Å². The summed E-state index contributed by atoms with van der Waals surface area (Å²) < 4.78 is 32.6. The fourth-order valence-corrected chi connectivity index (χ4v) is 3.68. The zero-order chi connectivity index (χ0) is 25.7. The SMILES string of the molecule is CC(=O)OC[C@H]1O[C@@H](Oc2ccc3c(C)cc(=O)oc3c2)[C@H](N=[N+]=[N-])[C@@H](OC(C)=O)[C@H]1OC(C)=O. The Labute approximate surface area is 198 Å².